The van der Waals surface area contributed by atoms with Gasteiger partial charge in [0.25, 0.3) is 6.43 Å². The first-order chi connectivity index (χ1) is 35.7. The smallest absolute Gasteiger partial charge is 0.271 e. The monoisotopic (exact) mass is 1060 g/mol. The zero-order chi connectivity index (χ0) is 53.8. The Morgan fingerprint density at radius 2 is 1.75 bits per heavy atom. The first-order valence-corrected chi connectivity index (χ1v) is 25.5. The Labute approximate surface area is 435 Å². The van der Waals surface area contributed by atoms with Crippen molar-refractivity contribution in [3.05, 3.63) is 95.5 Å². The number of nitrogens with two attached hydrogens (primary N) is 2. The van der Waals surface area contributed by atoms with Crippen LogP contribution in [0.2, 0.25) is 0 Å². The van der Waals surface area contributed by atoms with Crippen LogP contribution in [-0.2, 0) is 25.7 Å². The number of hydrogen-bond acceptors (Lipinski definition) is 15. The van der Waals surface area contributed by atoms with E-state index in [0.29, 0.717) is 46.6 Å². The third kappa shape index (κ3) is 12.5. The lowest BCUT2D eigenvalue weighted by molar-refractivity contribution is -0.144. The Bertz CT molecular complexity index is 2990. The van der Waals surface area contributed by atoms with Gasteiger partial charge in [0.05, 0.1) is 77.4 Å². The number of carbonyl (C=O) groups excluding carboxylic acids is 3. The highest BCUT2D eigenvalue weighted by Crippen LogP contribution is 2.36. The molecular weight excluding hydrogens is 997 g/mol. The number of anilines is 2. The highest BCUT2D eigenvalue weighted by Gasteiger charge is 2.46. The molecule has 2 saturated heterocycles. The van der Waals surface area contributed by atoms with Crippen LogP contribution in [0.5, 0.6) is 5.75 Å². The van der Waals surface area contributed by atoms with Crippen LogP contribution in [0.1, 0.15) is 76.2 Å². The van der Waals surface area contributed by atoms with Gasteiger partial charge >= 0.3 is 0 Å². The number of nitrogens with zero attached hydrogens (tertiary/aromatic N) is 8. The molecule has 6 heterocycles. The van der Waals surface area contributed by atoms with E-state index in [0.717, 1.165) is 21.7 Å². The molecule has 4 aromatic heterocycles. The number of aliphatic hydroxyl groups excluding tert-OH is 1. The van der Waals surface area contributed by atoms with Crippen molar-refractivity contribution >= 4 is 51.7 Å². The van der Waals surface area contributed by atoms with E-state index in [1.54, 1.807) is 59.2 Å². The van der Waals surface area contributed by atoms with Crippen LogP contribution in [0, 0.1) is 18.2 Å². The number of β-amino-alcohol motifs (C(OH)–C–C–N with tert-alkyl or cyclic N) is 1. The van der Waals surface area contributed by atoms with Gasteiger partial charge in [0.2, 0.25) is 17.7 Å². The number of aromatic nitrogens is 6. The zero-order valence-corrected chi connectivity index (χ0v) is 43.1. The van der Waals surface area contributed by atoms with Crippen molar-refractivity contribution in [3.63, 3.8) is 0 Å². The van der Waals surface area contributed by atoms with Gasteiger partial charge in [-0.25, -0.2) is 37.5 Å². The number of aliphatic hydroxyl groups is 1. The molecule has 0 saturated carbocycles. The van der Waals surface area contributed by atoms with Gasteiger partial charge in [0.1, 0.15) is 30.5 Å². The molecule has 2 fully saturated rings. The maximum absolute atomic E-state index is 15.6. The average molecular weight is 1060 g/mol. The molecule has 6 aromatic rings. The number of hydrogen-bond donors (Lipinski definition) is 5. The number of nitrogens with one attached hydrogen (secondary N) is 2. The Hall–Kier alpha value is -6.82. The molecule has 400 valence electrons. The molecule has 2 aliphatic heterocycles. The summed E-state index contributed by atoms with van der Waals surface area (Å²) in [6.45, 7) is 9.38. The van der Waals surface area contributed by atoms with Gasteiger partial charge in [0, 0.05) is 38.0 Å². The third-order valence-electron chi connectivity index (χ3n) is 13.6. The van der Waals surface area contributed by atoms with Crippen LogP contribution in [-0.4, -0.2) is 133 Å². The minimum absolute atomic E-state index is 0.000156. The molecule has 0 radical (unpaired) electrons. The fourth-order valence-corrected chi connectivity index (χ4v) is 10.4. The van der Waals surface area contributed by atoms with Gasteiger partial charge < -0.3 is 51.0 Å². The van der Waals surface area contributed by atoms with Crippen LogP contribution in [0.25, 0.3) is 32.9 Å². The summed E-state index contributed by atoms with van der Waals surface area (Å²) in [5, 5.41) is 16.5. The Kier molecular flexibility index (Phi) is 16.7. The van der Waals surface area contributed by atoms with Gasteiger partial charge in [-0.2, -0.15) is 0 Å². The normalized spacial score (nSPS) is 19.3. The SMILES string of the molecule is Cc1ncsc1-c1ccc([C@H](C)NC(=O)[C@@H]2C[C@@H](O)CN2C(=O)[C@@H](NC(=O)CCOCCOc2ccc(-c3cc(Cn4cnc5c(N)ncnc54)c(N4CCCC(N)(C(F)C(F)F)C4)cn3)cc2F)C(C)(C)C)cc1. The molecule has 8 rings (SSSR count). The largest absolute Gasteiger partial charge is 0.488 e. The number of rotatable bonds is 19. The van der Waals surface area contributed by atoms with Crippen molar-refractivity contribution < 1.29 is 46.5 Å². The van der Waals surface area contributed by atoms with E-state index in [4.69, 9.17) is 20.9 Å². The van der Waals surface area contributed by atoms with Gasteiger partial charge in [0.15, 0.2) is 29.2 Å². The average Bonchev–Trinajstić information content (AvgIpc) is 4.12. The number of ether oxygens (including phenoxy) is 2. The molecule has 3 amide bonds. The standard InChI is InChI=1S/C52H62F4N12O6S/c1-29(31-7-9-32(10-8-31)43-30(2)63-28-75-43)64-49(71)38-21-35(69)24-68(38)50(72)45(51(3,4)5)65-41(70)13-16-73-17-18-74-40-12-11-33(19-36(40)53)37-20-34(23-67-27-62-42-47(57)60-26-61-48(42)67)39(22-59-37)66-15-6-14-52(58,25-66)44(54)46(55)56/h7-12,19-20,22,26-29,35,38,44-46,69H,6,13-18,21,23-25,58H2,1-5H3,(H,64,71)(H,65,70)(H2,57,60,61)/t29-,35+,38-,44?,45+,52?/m0/s1. The van der Waals surface area contributed by atoms with E-state index >= 15 is 4.39 Å². The van der Waals surface area contributed by atoms with E-state index in [9.17, 15) is 32.7 Å². The van der Waals surface area contributed by atoms with E-state index in [-0.39, 0.29) is 70.3 Å². The van der Waals surface area contributed by atoms with Crippen molar-refractivity contribution in [2.24, 2.45) is 11.1 Å². The first-order valence-electron chi connectivity index (χ1n) is 24.7. The molecule has 0 spiro atoms. The summed E-state index contributed by atoms with van der Waals surface area (Å²) in [5.41, 5.74) is 17.1. The number of piperidine rings is 1. The lowest BCUT2D eigenvalue weighted by atomic mass is 9.85. The molecule has 75 heavy (non-hydrogen) atoms. The number of nitrogen functional groups attached to an aromatic ring is 1. The second-order valence-corrected chi connectivity index (χ2v) is 21.1. The Balaban J connectivity index is 0.845. The van der Waals surface area contributed by atoms with Crippen LogP contribution < -0.4 is 31.7 Å². The Morgan fingerprint density at radius 1 is 0.987 bits per heavy atom. The van der Waals surface area contributed by atoms with Crippen molar-refractivity contribution in [3.8, 4) is 27.4 Å². The second-order valence-electron chi connectivity index (χ2n) is 20.2. The van der Waals surface area contributed by atoms with Crippen molar-refractivity contribution in [1.82, 2.24) is 45.0 Å². The summed E-state index contributed by atoms with van der Waals surface area (Å²) in [6.07, 6.45) is -2.00. The number of pyridine rings is 1. The van der Waals surface area contributed by atoms with E-state index in [1.165, 1.54) is 35.9 Å². The maximum Gasteiger partial charge on any atom is 0.271 e. The number of benzene rings is 2. The quantitative estimate of drug-likeness (QED) is 0.0452. The van der Waals surface area contributed by atoms with Crippen LogP contribution in [0.3, 0.4) is 0 Å². The lowest BCUT2D eigenvalue weighted by Gasteiger charge is -2.43. The zero-order valence-electron chi connectivity index (χ0n) is 42.3. The van der Waals surface area contributed by atoms with Gasteiger partial charge in [-0.1, -0.05) is 45.0 Å². The number of thiazole rings is 1. The van der Waals surface area contributed by atoms with E-state index in [2.05, 4.69) is 35.6 Å². The molecule has 23 heteroatoms. The van der Waals surface area contributed by atoms with E-state index < -0.39 is 71.3 Å². The number of aryl methyl sites for hydroxylation is 1. The molecule has 2 aromatic carbocycles. The topological polar surface area (TPSA) is 242 Å². The molecule has 2 aliphatic rings. The van der Waals surface area contributed by atoms with Gasteiger partial charge in [-0.15, -0.1) is 11.3 Å². The Morgan fingerprint density at radius 3 is 2.45 bits per heavy atom. The fourth-order valence-electron chi connectivity index (χ4n) is 9.55. The van der Waals surface area contributed by atoms with Gasteiger partial charge in [-0.3, -0.25) is 19.4 Å². The molecular formula is C52H62F4N12O6S. The number of carbonyl (C=O) groups is 3. The predicted molar refractivity (Wildman–Crippen MR) is 275 cm³/mol. The first kappa shape index (κ1) is 54.4. The molecule has 0 aliphatic carbocycles. The van der Waals surface area contributed by atoms with Crippen molar-refractivity contribution in [2.45, 2.75) is 109 Å². The molecule has 2 unspecified atom stereocenters. The van der Waals surface area contributed by atoms with Crippen molar-refractivity contribution in [1.29, 1.82) is 0 Å². The molecule has 6 atom stereocenters. The minimum Gasteiger partial charge on any atom is -0.488 e. The van der Waals surface area contributed by atoms with E-state index in [1.807, 2.05) is 38.1 Å². The molecule has 0 bridgehead atoms. The number of fused-ring (bicyclic) bond motifs is 1. The third-order valence-corrected chi connectivity index (χ3v) is 14.6. The number of amides is 3. The molecule has 7 N–H and O–H groups in total. The van der Waals surface area contributed by atoms with Crippen molar-refractivity contribution in [2.75, 3.05) is 50.1 Å². The van der Waals surface area contributed by atoms with Gasteiger partial charge in [-0.05, 0) is 73.1 Å². The highest BCUT2D eigenvalue weighted by molar-refractivity contribution is 7.13. The second kappa shape index (κ2) is 23.0. The maximum atomic E-state index is 15.6. The summed E-state index contributed by atoms with van der Waals surface area (Å²) >= 11 is 1.55. The summed E-state index contributed by atoms with van der Waals surface area (Å²) in [6, 6.07) is 11.5. The number of likely N-dealkylation sites (tertiary alicyclic amines) is 1. The summed E-state index contributed by atoms with van der Waals surface area (Å²) in [5.74, 6) is -1.96. The number of halogens is 4. The number of alkyl halides is 3. The van der Waals surface area contributed by atoms with Crippen LogP contribution in [0.15, 0.2) is 72.9 Å². The number of imidazole rings is 1. The lowest BCUT2D eigenvalue weighted by Crippen LogP contribution is -2.62. The summed E-state index contributed by atoms with van der Waals surface area (Å²) in [7, 11) is 0. The molecule has 18 nitrogen and oxygen atoms in total. The highest BCUT2D eigenvalue weighted by atomic mass is 32.1. The summed E-state index contributed by atoms with van der Waals surface area (Å²) < 4.78 is 70.7. The fraction of sp³-hybridized carbons (Fsp3) is 0.462. The van der Waals surface area contributed by atoms with Crippen LogP contribution in [0.4, 0.5) is 29.1 Å². The minimum atomic E-state index is -3.25. The predicted octanol–water partition coefficient (Wildman–Crippen LogP) is 6.15. The summed E-state index contributed by atoms with van der Waals surface area (Å²) in [4.78, 5) is 66.8. The van der Waals surface area contributed by atoms with Crippen LogP contribution >= 0.6 is 11.3 Å².